The normalized spacial score (nSPS) is 12.5. The molecule has 72 valence electrons. The van der Waals surface area contributed by atoms with Crippen molar-refractivity contribution >= 4 is 5.82 Å². The topological polar surface area (TPSA) is 58.0 Å². The van der Waals surface area contributed by atoms with Crippen LogP contribution in [0.3, 0.4) is 0 Å². The van der Waals surface area contributed by atoms with Crippen molar-refractivity contribution in [2.45, 2.75) is 13.8 Å². The fourth-order valence-electron chi connectivity index (χ4n) is 0.917. The van der Waals surface area contributed by atoms with Gasteiger partial charge in [0.15, 0.2) is 0 Å². The molecule has 1 rings (SSSR count). The van der Waals surface area contributed by atoms with Crippen LogP contribution in [0.2, 0.25) is 0 Å². The summed E-state index contributed by atoms with van der Waals surface area (Å²) in [6.45, 7) is 4.78. The Hall–Kier alpha value is -1.16. The number of aliphatic hydroxyl groups is 1. The summed E-state index contributed by atoms with van der Waals surface area (Å²) in [6, 6.07) is 0. The van der Waals surface area contributed by atoms with E-state index in [1.165, 1.54) is 0 Å². The molecule has 4 nitrogen and oxygen atoms in total. The van der Waals surface area contributed by atoms with Crippen LogP contribution in [0, 0.1) is 12.8 Å². The van der Waals surface area contributed by atoms with E-state index >= 15 is 0 Å². The van der Waals surface area contributed by atoms with E-state index in [1.807, 2.05) is 13.8 Å². The van der Waals surface area contributed by atoms with Gasteiger partial charge in [-0.2, -0.15) is 0 Å². The number of aromatic nitrogens is 2. The summed E-state index contributed by atoms with van der Waals surface area (Å²) in [5.74, 6) is 1.03. The first kappa shape index (κ1) is 9.92. The molecule has 0 aliphatic heterocycles. The molecular weight excluding hydrogens is 166 g/mol. The summed E-state index contributed by atoms with van der Waals surface area (Å²) in [7, 11) is 0. The maximum absolute atomic E-state index is 8.81. The second-order valence-electron chi connectivity index (χ2n) is 3.16. The first-order valence-electron chi connectivity index (χ1n) is 4.36. The standard InChI is InChI=1S/C9H15N3O/c1-7(6-13)5-12-9-8(2)10-3-4-11-9/h3-4,7,13H,5-6H2,1-2H3,(H,11,12). The average molecular weight is 181 g/mol. The molecule has 0 fully saturated rings. The molecule has 1 heterocycles. The Balaban J connectivity index is 2.50. The van der Waals surface area contributed by atoms with E-state index in [0.717, 1.165) is 18.1 Å². The number of hydrogen-bond acceptors (Lipinski definition) is 4. The van der Waals surface area contributed by atoms with Gasteiger partial charge >= 0.3 is 0 Å². The quantitative estimate of drug-likeness (QED) is 0.722. The van der Waals surface area contributed by atoms with Crippen LogP contribution in [-0.2, 0) is 0 Å². The first-order valence-corrected chi connectivity index (χ1v) is 4.36. The number of nitrogens with zero attached hydrogens (tertiary/aromatic N) is 2. The maximum atomic E-state index is 8.81. The summed E-state index contributed by atoms with van der Waals surface area (Å²) in [4.78, 5) is 8.22. The molecule has 0 amide bonds. The van der Waals surface area contributed by atoms with Crippen molar-refractivity contribution in [2.24, 2.45) is 5.92 Å². The Kier molecular flexibility index (Phi) is 3.64. The number of aryl methyl sites for hydroxylation is 1. The molecule has 1 unspecified atom stereocenters. The van der Waals surface area contributed by atoms with Crippen molar-refractivity contribution in [3.63, 3.8) is 0 Å². The van der Waals surface area contributed by atoms with Crippen LogP contribution in [0.15, 0.2) is 12.4 Å². The lowest BCUT2D eigenvalue weighted by atomic mass is 10.2. The molecule has 0 saturated carbocycles. The second kappa shape index (κ2) is 4.77. The summed E-state index contributed by atoms with van der Waals surface area (Å²) < 4.78 is 0. The molecule has 0 bridgehead atoms. The lowest BCUT2D eigenvalue weighted by Crippen LogP contribution is -2.16. The molecule has 1 atom stereocenters. The van der Waals surface area contributed by atoms with E-state index in [1.54, 1.807) is 12.4 Å². The van der Waals surface area contributed by atoms with E-state index in [2.05, 4.69) is 15.3 Å². The van der Waals surface area contributed by atoms with Crippen LogP contribution >= 0.6 is 0 Å². The van der Waals surface area contributed by atoms with Crippen LogP contribution in [0.25, 0.3) is 0 Å². The Morgan fingerprint density at radius 2 is 2.15 bits per heavy atom. The van der Waals surface area contributed by atoms with E-state index < -0.39 is 0 Å². The highest BCUT2D eigenvalue weighted by atomic mass is 16.3. The number of rotatable bonds is 4. The minimum atomic E-state index is 0.187. The molecule has 0 aliphatic carbocycles. The summed E-state index contributed by atoms with van der Waals surface area (Å²) >= 11 is 0. The predicted molar refractivity (Wildman–Crippen MR) is 51.5 cm³/mol. The summed E-state index contributed by atoms with van der Waals surface area (Å²) in [5, 5.41) is 11.9. The smallest absolute Gasteiger partial charge is 0.147 e. The van der Waals surface area contributed by atoms with Crippen LogP contribution in [0.4, 0.5) is 5.82 Å². The van der Waals surface area contributed by atoms with E-state index in [9.17, 15) is 0 Å². The van der Waals surface area contributed by atoms with Crippen LogP contribution < -0.4 is 5.32 Å². The van der Waals surface area contributed by atoms with Gasteiger partial charge in [0.1, 0.15) is 5.82 Å². The number of hydrogen-bond donors (Lipinski definition) is 2. The van der Waals surface area contributed by atoms with Gasteiger partial charge in [0.25, 0.3) is 0 Å². The zero-order valence-corrected chi connectivity index (χ0v) is 7.99. The first-order chi connectivity index (χ1) is 6.24. The van der Waals surface area contributed by atoms with E-state index in [-0.39, 0.29) is 12.5 Å². The van der Waals surface area contributed by atoms with Crippen LogP contribution in [-0.4, -0.2) is 28.2 Å². The SMILES string of the molecule is Cc1nccnc1NCC(C)CO. The largest absolute Gasteiger partial charge is 0.396 e. The molecule has 0 radical (unpaired) electrons. The highest BCUT2D eigenvalue weighted by molar-refractivity contribution is 5.38. The molecule has 0 aromatic carbocycles. The van der Waals surface area contributed by atoms with Gasteiger partial charge in [0.05, 0.1) is 5.69 Å². The number of nitrogens with one attached hydrogen (secondary N) is 1. The summed E-state index contributed by atoms with van der Waals surface area (Å²) in [5.41, 5.74) is 0.882. The fraction of sp³-hybridized carbons (Fsp3) is 0.556. The highest BCUT2D eigenvalue weighted by Crippen LogP contribution is 2.06. The molecule has 4 heteroatoms. The number of anilines is 1. The van der Waals surface area contributed by atoms with E-state index in [0.29, 0.717) is 0 Å². The zero-order chi connectivity index (χ0) is 9.68. The molecule has 0 aliphatic rings. The Bertz CT molecular complexity index is 265. The van der Waals surface area contributed by atoms with Crippen molar-refractivity contribution in [2.75, 3.05) is 18.5 Å². The van der Waals surface area contributed by atoms with Gasteiger partial charge in [-0.05, 0) is 12.8 Å². The fourth-order valence-corrected chi connectivity index (χ4v) is 0.917. The van der Waals surface area contributed by atoms with Crippen molar-refractivity contribution in [3.8, 4) is 0 Å². The van der Waals surface area contributed by atoms with Crippen molar-refractivity contribution < 1.29 is 5.11 Å². The molecule has 1 aromatic heterocycles. The van der Waals surface area contributed by atoms with Gasteiger partial charge in [-0.1, -0.05) is 6.92 Å². The molecular formula is C9H15N3O. The van der Waals surface area contributed by atoms with Gasteiger partial charge < -0.3 is 10.4 Å². The van der Waals surface area contributed by atoms with Gasteiger partial charge in [0, 0.05) is 25.5 Å². The van der Waals surface area contributed by atoms with Crippen molar-refractivity contribution in [3.05, 3.63) is 18.1 Å². The highest BCUT2D eigenvalue weighted by Gasteiger charge is 2.02. The zero-order valence-electron chi connectivity index (χ0n) is 7.99. The third-order valence-corrected chi connectivity index (χ3v) is 1.81. The second-order valence-corrected chi connectivity index (χ2v) is 3.16. The Morgan fingerprint density at radius 3 is 2.77 bits per heavy atom. The van der Waals surface area contributed by atoms with Gasteiger partial charge in [0.2, 0.25) is 0 Å². The summed E-state index contributed by atoms with van der Waals surface area (Å²) in [6.07, 6.45) is 3.31. The molecule has 2 N–H and O–H groups in total. The lowest BCUT2D eigenvalue weighted by Gasteiger charge is -2.10. The molecule has 0 spiro atoms. The predicted octanol–water partition coefficient (Wildman–Crippen LogP) is 0.825. The molecule has 0 saturated heterocycles. The van der Waals surface area contributed by atoms with E-state index in [4.69, 9.17) is 5.11 Å². The van der Waals surface area contributed by atoms with Gasteiger partial charge in [-0.25, -0.2) is 4.98 Å². The molecule has 1 aromatic rings. The third-order valence-electron chi connectivity index (χ3n) is 1.81. The Labute approximate surface area is 78.0 Å². The van der Waals surface area contributed by atoms with Crippen molar-refractivity contribution in [1.29, 1.82) is 0 Å². The van der Waals surface area contributed by atoms with Gasteiger partial charge in [-0.15, -0.1) is 0 Å². The van der Waals surface area contributed by atoms with Crippen LogP contribution in [0.1, 0.15) is 12.6 Å². The monoisotopic (exact) mass is 181 g/mol. The van der Waals surface area contributed by atoms with Crippen LogP contribution in [0.5, 0.6) is 0 Å². The van der Waals surface area contributed by atoms with Gasteiger partial charge in [-0.3, -0.25) is 4.98 Å². The molecule has 13 heavy (non-hydrogen) atoms. The Morgan fingerprint density at radius 1 is 1.46 bits per heavy atom. The average Bonchev–Trinajstić information content (AvgIpc) is 2.16. The minimum absolute atomic E-state index is 0.187. The van der Waals surface area contributed by atoms with Crippen molar-refractivity contribution in [1.82, 2.24) is 9.97 Å². The maximum Gasteiger partial charge on any atom is 0.147 e. The minimum Gasteiger partial charge on any atom is -0.396 e. The number of aliphatic hydroxyl groups excluding tert-OH is 1. The third kappa shape index (κ3) is 2.99. The lowest BCUT2D eigenvalue weighted by molar-refractivity contribution is 0.244.